The first-order valence-electron chi connectivity index (χ1n) is 6.73. The lowest BCUT2D eigenvalue weighted by molar-refractivity contribution is 0.0971. The molecule has 0 atom stereocenters. The van der Waals surface area contributed by atoms with Gasteiger partial charge in [0, 0.05) is 29.2 Å². The molecule has 5 heteroatoms. The summed E-state index contributed by atoms with van der Waals surface area (Å²) in [6.07, 6.45) is 2.71. The highest BCUT2D eigenvalue weighted by Crippen LogP contribution is 2.28. The predicted octanol–water partition coefficient (Wildman–Crippen LogP) is 3.47. The molecule has 0 N–H and O–H groups in total. The van der Waals surface area contributed by atoms with E-state index in [2.05, 4.69) is 20.9 Å². The number of para-hydroxylation sites is 1. The third-order valence-electron chi connectivity index (χ3n) is 3.49. The molecule has 0 unspecified atom stereocenters. The number of hydrogen-bond acceptors (Lipinski definition) is 3. The summed E-state index contributed by atoms with van der Waals surface area (Å²) in [6, 6.07) is 10.8. The second-order valence-electron chi connectivity index (χ2n) is 4.83. The van der Waals surface area contributed by atoms with Crippen LogP contribution in [0, 0.1) is 0 Å². The second-order valence-corrected chi connectivity index (χ2v) is 5.69. The lowest BCUT2D eigenvalue weighted by Crippen LogP contribution is -2.32. The van der Waals surface area contributed by atoms with Crippen molar-refractivity contribution in [2.24, 2.45) is 0 Å². The van der Waals surface area contributed by atoms with Crippen molar-refractivity contribution in [2.45, 2.75) is 12.8 Å². The zero-order valence-corrected chi connectivity index (χ0v) is 12.8. The van der Waals surface area contributed by atoms with Gasteiger partial charge in [-0.05, 0) is 46.6 Å². The molecule has 4 nitrogen and oxygen atoms in total. The zero-order valence-electron chi connectivity index (χ0n) is 11.3. The maximum absolute atomic E-state index is 12.8. The fraction of sp³-hybridized carbons (Fsp3) is 0.188. The van der Waals surface area contributed by atoms with Crippen LogP contribution in [0.25, 0.3) is 0 Å². The maximum Gasteiger partial charge on any atom is 0.278 e. The highest BCUT2D eigenvalue weighted by atomic mass is 79.9. The lowest BCUT2D eigenvalue weighted by Gasteiger charge is -2.22. The molecule has 2 heterocycles. The summed E-state index contributed by atoms with van der Waals surface area (Å²) >= 11 is 3.36. The summed E-state index contributed by atoms with van der Waals surface area (Å²) < 4.78 is 0.656. The number of hydrogen-bond donors (Lipinski definition) is 0. The van der Waals surface area contributed by atoms with Gasteiger partial charge in [-0.1, -0.05) is 12.1 Å². The molecule has 21 heavy (non-hydrogen) atoms. The first-order chi connectivity index (χ1) is 10.2. The smallest absolute Gasteiger partial charge is 0.278 e. The fourth-order valence-electron chi connectivity index (χ4n) is 2.48. The molecule has 1 aromatic carbocycles. The number of Topliss-reactive ketones (excluding diaryl/α,β-unsaturated/α-hetero) is 1. The van der Waals surface area contributed by atoms with Gasteiger partial charge in [0.15, 0.2) is 5.78 Å². The Kier molecular flexibility index (Phi) is 3.84. The number of aromatic nitrogens is 1. The Morgan fingerprint density at radius 2 is 2.00 bits per heavy atom. The average molecular weight is 345 g/mol. The Labute approximate surface area is 130 Å². The third kappa shape index (κ3) is 2.61. The standard InChI is InChI=1S/C16H13BrN2O2/c17-12-6-3-9-18-15(12)16(21)19-10-4-8-14(20)11-5-1-2-7-13(11)19/h1-3,5-7,9H,4,8,10H2. The topological polar surface area (TPSA) is 50.3 Å². The van der Waals surface area contributed by atoms with E-state index < -0.39 is 0 Å². The van der Waals surface area contributed by atoms with E-state index in [4.69, 9.17) is 0 Å². The quantitative estimate of drug-likeness (QED) is 0.795. The lowest BCUT2D eigenvalue weighted by atomic mass is 10.1. The number of halogens is 1. The van der Waals surface area contributed by atoms with E-state index in [0.717, 1.165) is 0 Å². The first-order valence-corrected chi connectivity index (χ1v) is 7.52. The van der Waals surface area contributed by atoms with Crippen LogP contribution >= 0.6 is 15.9 Å². The number of ketones is 1. The number of fused-ring (bicyclic) bond motifs is 1. The molecular formula is C16H13BrN2O2. The number of amides is 1. The van der Waals surface area contributed by atoms with Crippen LogP contribution in [0.4, 0.5) is 5.69 Å². The number of benzene rings is 1. The van der Waals surface area contributed by atoms with Crippen molar-refractivity contribution in [3.63, 3.8) is 0 Å². The Bertz CT molecular complexity index is 715. The normalized spacial score (nSPS) is 14.5. The van der Waals surface area contributed by atoms with Gasteiger partial charge in [0.05, 0.1) is 5.69 Å². The van der Waals surface area contributed by atoms with Gasteiger partial charge in [-0.15, -0.1) is 0 Å². The van der Waals surface area contributed by atoms with Crippen LogP contribution in [0.2, 0.25) is 0 Å². The van der Waals surface area contributed by atoms with Crippen molar-refractivity contribution in [1.29, 1.82) is 0 Å². The molecule has 0 fully saturated rings. The molecule has 1 amide bonds. The van der Waals surface area contributed by atoms with Crippen LogP contribution in [0.1, 0.15) is 33.7 Å². The monoisotopic (exact) mass is 344 g/mol. The van der Waals surface area contributed by atoms with E-state index in [9.17, 15) is 9.59 Å². The Morgan fingerprint density at radius 1 is 1.19 bits per heavy atom. The molecule has 0 spiro atoms. The summed E-state index contributed by atoms with van der Waals surface area (Å²) in [7, 11) is 0. The average Bonchev–Trinajstić information content (AvgIpc) is 2.67. The summed E-state index contributed by atoms with van der Waals surface area (Å²) in [5.41, 5.74) is 1.64. The summed E-state index contributed by atoms with van der Waals surface area (Å²) in [5.74, 6) is -0.106. The van der Waals surface area contributed by atoms with E-state index in [-0.39, 0.29) is 11.7 Å². The molecule has 1 aromatic heterocycles. The molecule has 0 radical (unpaired) electrons. The van der Waals surface area contributed by atoms with Gasteiger partial charge >= 0.3 is 0 Å². The molecule has 0 saturated heterocycles. The van der Waals surface area contributed by atoms with Crippen molar-refractivity contribution in [3.05, 3.63) is 58.3 Å². The summed E-state index contributed by atoms with van der Waals surface area (Å²) in [5, 5.41) is 0. The highest BCUT2D eigenvalue weighted by molar-refractivity contribution is 9.10. The number of carbonyl (C=O) groups is 2. The minimum atomic E-state index is -0.190. The largest absolute Gasteiger partial charge is 0.306 e. The van der Waals surface area contributed by atoms with E-state index in [1.807, 2.05) is 18.2 Å². The van der Waals surface area contributed by atoms with Gasteiger partial charge in [-0.2, -0.15) is 0 Å². The van der Waals surface area contributed by atoms with Crippen molar-refractivity contribution in [1.82, 2.24) is 4.98 Å². The maximum atomic E-state index is 12.8. The molecule has 1 aliphatic heterocycles. The summed E-state index contributed by atoms with van der Waals surface area (Å²) in [6.45, 7) is 0.518. The fourth-order valence-corrected chi connectivity index (χ4v) is 2.90. The number of pyridine rings is 1. The van der Waals surface area contributed by atoms with E-state index in [1.165, 1.54) is 0 Å². The first kappa shape index (κ1) is 13.9. The molecule has 2 aromatic rings. The molecule has 3 rings (SSSR count). The van der Waals surface area contributed by atoms with Gasteiger partial charge in [0.2, 0.25) is 0 Å². The van der Waals surface area contributed by atoms with Crippen molar-refractivity contribution < 1.29 is 9.59 Å². The predicted molar refractivity (Wildman–Crippen MR) is 83.6 cm³/mol. The third-order valence-corrected chi connectivity index (χ3v) is 4.13. The Balaban J connectivity index is 2.06. The Morgan fingerprint density at radius 3 is 2.81 bits per heavy atom. The number of rotatable bonds is 1. The molecular weight excluding hydrogens is 332 g/mol. The number of nitrogens with zero attached hydrogens (tertiary/aromatic N) is 2. The van der Waals surface area contributed by atoms with E-state index in [0.29, 0.717) is 40.8 Å². The van der Waals surface area contributed by atoms with E-state index in [1.54, 1.807) is 29.3 Å². The van der Waals surface area contributed by atoms with Gasteiger partial charge in [0.1, 0.15) is 5.69 Å². The Hall–Kier alpha value is -2.01. The van der Waals surface area contributed by atoms with Crippen molar-refractivity contribution in [2.75, 3.05) is 11.4 Å². The molecule has 1 aliphatic rings. The van der Waals surface area contributed by atoms with Crippen molar-refractivity contribution in [3.8, 4) is 0 Å². The zero-order chi connectivity index (χ0) is 14.8. The van der Waals surface area contributed by atoms with Crippen LogP contribution in [0.15, 0.2) is 47.1 Å². The van der Waals surface area contributed by atoms with Crippen LogP contribution in [0.5, 0.6) is 0 Å². The molecule has 0 bridgehead atoms. The molecule has 106 valence electrons. The van der Waals surface area contributed by atoms with Crippen LogP contribution < -0.4 is 4.90 Å². The number of carbonyl (C=O) groups excluding carboxylic acids is 2. The van der Waals surface area contributed by atoms with Crippen LogP contribution in [-0.4, -0.2) is 23.2 Å². The second kappa shape index (κ2) is 5.77. The molecule has 0 saturated carbocycles. The number of anilines is 1. The van der Waals surface area contributed by atoms with Gasteiger partial charge in [-0.25, -0.2) is 4.98 Å². The van der Waals surface area contributed by atoms with E-state index >= 15 is 0 Å². The van der Waals surface area contributed by atoms with Crippen LogP contribution in [-0.2, 0) is 0 Å². The minimum absolute atomic E-state index is 0.0842. The molecule has 0 aliphatic carbocycles. The summed E-state index contributed by atoms with van der Waals surface area (Å²) in [4.78, 5) is 30.7. The van der Waals surface area contributed by atoms with Crippen LogP contribution in [0.3, 0.4) is 0 Å². The van der Waals surface area contributed by atoms with Crippen molar-refractivity contribution >= 4 is 33.3 Å². The SMILES string of the molecule is O=C1CCCN(C(=O)c2ncccc2Br)c2ccccc21. The highest BCUT2D eigenvalue weighted by Gasteiger charge is 2.27. The van der Waals surface area contributed by atoms with Gasteiger partial charge < -0.3 is 4.90 Å². The van der Waals surface area contributed by atoms with Gasteiger partial charge in [0.25, 0.3) is 5.91 Å². The minimum Gasteiger partial charge on any atom is -0.306 e. The van der Waals surface area contributed by atoms with Gasteiger partial charge in [-0.3, -0.25) is 9.59 Å².